The van der Waals surface area contributed by atoms with Crippen LogP contribution in [0, 0.1) is 0 Å². The number of nitrogen functional groups attached to an aromatic ring is 3. The average Bonchev–Trinajstić information content (AvgIpc) is 4.13. The van der Waals surface area contributed by atoms with Gasteiger partial charge in [-0.3, -0.25) is 27.3 Å². The van der Waals surface area contributed by atoms with Gasteiger partial charge in [-0.15, -0.1) is 0 Å². The van der Waals surface area contributed by atoms with Crippen molar-refractivity contribution in [3.63, 3.8) is 0 Å². The van der Waals surface area contributed by atoms with Gasteiger partial charge < -0.3 is 75.9 Å². The van der Waals surface area contributed by atoms with Gasteiger partial charge in [0.1, 0.15) is 84.4 Å². The van der Waals surface area contributed by atoms with Crippen LogP contribution in [0.1, 0.15) is 25.1 Å². The first-order chi connectivity index (χ1) is 31.7. The molecule has 6 aromatic heterocycles. The summed E-state index contributed by atoms with van der Waals surface area (Å²) in [4.78, 5) is 78.9. The number of hydrogen-bond donors (Lipinski definition) is 11. The second-order valence-electron chi connectivity index (χ2n) is 15.3. The van der Waals surface area contributed by atoms with Gasteiger partial charge in [-0.1, -0.05) is 0 Å². The number of rotatable bonds is 16. The summed E-state index contributed by atoms with van der Waals surface area (Å²) in [6.07, 6.45) is -11.8. The lowest BCUT2D eigenvalue weighted by Gasteiger charge is -2.27. The summed E-state index contributed by atoms with van der Waals surface area (Å²) >= 11 is 10.0. The van der Waals surface area contributed by atoms with E-state index >= 15 is 0 Å². The number of fused-ring (bicyclic) bond motifs is 3. The molecule has 0 radical (unpaired) electrons. The van der Waals surface area contributed by atoms with Crippen molar-refractivity contribution in [3.05, 3.63) is 38.0 Å². The van der Waals surface area contributed by atoms with Gasteiger partial charge in [0.2, 0.25) is 0 Å². The summed E-state index contributed by atoms with van der Waals surface area (Å²) in [5.74, 6) is 0.0261. The van der Waals surface area contributed by atoms with Crippen molar-refractivity contribution >= 4 is 95.6 Å². The number of phosphoric acid groups is 1. The van der Waals surface area contributed by atoms with Gasteiger partial charge >= 0.3 is 14.5 Å². The van der Waals surface area contributed by atoms with Crippen LogP contribution in [-0.4, -0.2) is 173 Å². The zero-order valence-electron chi connectivity index (χ0n) is 33.8. The van der Waals surface area contributed by atoms with E-state index in [0.29, 0.717) is 0 Å². The van der Waals surface area contributed by atoms with Crippen molar-refractivity contribution in [3.8, 4) is 0 Å². The fourth-order valence-corrected chi connectivity index (χ4v) is 11.0. The highest BCUT2D eigenvalue weighted by Crippen LogP contribution is 2.53. The average molecular weight is 1040 g/mol. The second-order valence-corrected chi connectivity index (χ2v) is 23.0. The van der Waals surface area contributed by atoms with Crippen molar-refractivity contribution in [2.75, 3.05) is 36.6 Å². The van der Waals surface area contributed by atoms with Crippen LogP contribution in [0.2, 0.25) is 0 Å². The van der Waals surface area contributed by atoms with Crippen molar-refractivity contribution in [1.82, 2.24) is 58.6 Å². The molecule has 36 heteroatoms. The van der Waals surface area contributed by atoms with Gasteiger partial charge in [0.25, 0.3) is 0 Å². The minimum absolute atomic E-state index is 0.00910. The Morgan fingerprint density at radius 2 is 0.985 bits per heavy atom. The molecule has 3 aliphatic heterocycles. The molecule has 14 unspecified atom stereocenters. The van der Waals surface area contributed by atoms with Gasteiger partial charge in [0.05, 0.1) is 38.3 Å². The summed E-state index contributed by atoms with van der Waals surface area (Å²) < 4.78 is 57.8. The lowest BCUT2D eigenvalue weighted by molar-refractivity contribution is -0.0611. The molecule has 0 spiro atoms. The van der Waals surface area contributed by atoms with E-state index in [-0.39, 0.29) is 63.5 Å². The summed E-state index contributed by atoms with van der Waals surface area (Å²) in [7, 11) is -5.30. The molecule has 362 valence electrons. The predicted octanol–water partition coefficient (Wildman–Crippen LogP) is -2.81. The molecule has 9 rings (SSSR count). The van der Waals surface area contributed by atoms with Crippen LogP contribution in [-0.2, 0) is 60.5 Å². The number of imidazole rings is 3. The molecule has 9 heterocycles. The van der Waals surface area contributed by atoms with Crippen LogP contribution in [0.4, 0.5) is 17.5 Å². The highest BCUT2D eigenvalue weighted by atomic mass is 32.5. The third-order valence-electron chi connectivity index (χ3n) is 11.0. The quantitative estimate of drug-likeness (QED) is 0.0436. The van der Waals surface area contributed by atoms with Crippen LogP contribution in [0.5, 0.6) is 0 Å². The minimum Gasteiger partial charge on any atom is -0.387 e. The van der Waals surface area contributed by atoms with Gasteiger partial charge in [-0.05, 0) is 30.0 Å². The zero-order chi connectivity index (χ0) is 47.7. The smallest absolute Gasteiger partial charge is 0.387 e. The number of nitrogens with zero attached hydrogens (tertiary/aromatic N) is 12. The number of ether oxygens (including phenoxy) is 3. The van der Waals surface area contributed by atoms with Crippen LogP contribution < -0.4 is 17.2 Å². The van der Waals surface area contributed by atoms with Crippen LogP contribution in [0.25, 0.3) is 33.5 Å². The van der Waals surface area contributed by atoms with Crippen molar-refractivity contribution in [1.29, 1.82) is 0 Å². The molecule has 0 saturated carbocycles. The number of aliphatic hydroxyl groups excluding tert-OH is 4. The Bertz CT molecular complexity index is 2950. The number of anilines is 3. The molecule has 0 bridgehead atoms. The van der Waals surface area contributed by atoms with E-state index in [1.165, 1.54) is 39.0 Å². The molecule has 3 fully saturated rings. The van der Waals surface area contributed by atoms with E-state index in [1.54, 1.807) is 0 Å². The first-order valence-corrected chi connectivity index (χ1v) is 26.5. The highest BCUT2D eigenvalue weighted by molar-refractivity contribution is 8.09. The molecule has 14 N–H and O–H groups in total. The predicted molar refractivity (Wildman–Crippen MR) is 231 cm³/mol. The van der Waals surface area contributed by atoms with Crippen LogP contribution >= 0.6 is 21.0 Å². The van der Waals surface area contributed by atoms with Gasteiger partial charge in [0, 0.05) is 6.16 Å². The number of aliphatic hydroxyl groups is 4. The Labute approximate surface area is 384 Å². The lowest BCUT2D eigenvalue weighted by atomic mass is 10.1. The van der Waals surface area contributed by atoms with Crippen LogP contribution in [0.15, 0.2) is 38.0 Å². The monoisotopic (exact) mass is 1040 g/mol. The SMILES string of the molecule is Nc1ncnc2c1ncn2C1OC(COP(O)(=S)OC2C(O)C(COP(=O)(O)OC3C(O)C(CCP(O)(O)=S)OC3n3cnc4c(N)ncnc43)OC2n2cnc3c(N)ncnc32)C(O)C1O. The molecule has 3 saturated heterocycles. The van der Waals surface area contributed by atoms with E-state index in [0.717, 1.165) is 12.7 Å². The van der Waals surface area contributed by atoms with Crippen molar-refractivity contribution in [2.45, 2.75) is 80.0 Å². The molecule has 67 heavy (non-hydrogen) atoms. The third-order valence-corrected chi connectivity index (χ3v) is 14.9. The topological polar surface area (TPSA) is 452 Å². The standard InChI is InChI=1S/C31H40N15O16P3S2/c32-23-14-26(38-5-35-23)44(8-41-14)29-20(50)17(47)12(59-29)4-57-65(55,67)62-22-19(49)13(60-31(22)46-10-43-16-25(34)37-7-40-28(16)46)3-56-64(53,54)61-21-18(48)11(1-2-63(51,52)66)58-30(21)45-9-42-15-24(33)36-6-39-27(15)45/h5-13,17-22,29-31,47-50H,1-4H2,(H,53,54)(H,55,67)(H2,32,35,38)(H2,33,36,39)(H2,34,37,40)(H2,51,52,66). The van der Waals surface area contributed by atoms with Crippen LogP contribution in [0.3, 0.4) is 0 Å². The van der Waals surface area contributed by atoms with E-state index in [1.807, 2.05) is 0 Å². The largest absolute Gasteiger partial charge is 0.472 e. The highest BCUT2D eigenvalue weighted by Gasteiger charge is 2.53. The van der Waals surface area contributed by atoms with Gasteiger partial charge in [0.15, 0.2) is 59.6 Å². The number of hydrogen-bond acceptors (Lipinski definition) is 26. The molecule has 0 aromatic carbocycles. The summed E-state index contributed by atoms with van der Waals surface area (Å²) in [5.41, 5.74) is 18.6. The summed E-state index contributed by atoms with van der Waals surface area (Å²) in [6.45, 7) is -9.83. The van der Waals surface area contributed by atoms with E-state index < -0.39 is 108 Å². The Kier molecular flexibility index (Phi) is 13.2. The lowest BCUT2D eigenvalue weighted by Crippen LogP contribution is -2.36. The fraction of sp³-hybridized carbons (Fsp3) is 0.516. The maximum Gasteiger partial charge on any atom is 0.472 e. The molecular weight excluding hydrogens is 995 g/mol. The molecule has 31 nitrogen and oxygen atoms in total. The number of nitrogens with two attached hydrogens (primary N) is 3. The molecular formula is C31H40N15O16P3S2. The third kappa shape index (κ3) is 9.53. The maximum absolute atomic E-state index is 13.7. The van der Waals surface area contributed by atoms with Gasteiger partial charge in [-0.2, -0.15) is 0 Å². The van der Waals surface area contributed by atoms with Crippen molar-refractivity contribution < 1.29 is 76.9 Å². The molecule has 6 aromatic rings. The minimum atomic E-state index is -5.30. The zero-order valence-corrected chi connectivity index (χ0v) is 38.1. The maximum atomic E-state index is 13.7. The molecule has 0 aliphatic carbocycles. The Morgan fingerprint density at radius 3 is 1.49 bits per heavy atom. The van der Waals surface area contributed by atoms with E-state index in [2.05, 4.69) is 44.9 Å². The van der Waals surface area contributed by atoms with E-state index in [9.17, 15) is 44.6 Å². The van der Waals surface area contributed by atoms with Crippen molar-refractivity contribution in [2.24, 2.45) is 0 Å². The first kappa shape index (κ1) is 48.0. The Balaban J connectivity index is 0.918. The fourth-order valence-electron chi connectivity index (χ4n) is 7.75. The first-order valence-electron chi connectivity index (χ1n) is 19.5. The molecule has 14 atom stereocenters. The Hall–Kier alpha value is -4.02. The molecule has 0 amide bonds. The molecule has 3 aliphatic rings. The Morgan fingerprint density at radius 1 is 0.567 bits per heavy atom. The number of phosphoric ester groups is 1. The normalized spacial score (nSPS) is 31.0. The summed E-state index contributed by atoms with van der Waals surface area (Å²) in [6, 6.07) is 0. The number of aromatic nitrogens is 12. The summed E-state index contributed by atoms with van der Waals surface area (Å²) in [5, 5.41) is 44.9. The van der Waals surface area contributed by atoms with E-state index in [4.69, 9.17) is 73.1 Å². The van der Waals surface area contributed by atoms with Gasteiger partial charge in [-0.25, -0.2) is 49.4 Å². The second kappa shape index (κ2) is 18.4.